The molecule has 0 spiro atoms. The molecule has 0 saturated heterocycles. The van der Waals surface area contributed by atoms with Crippen molar-refractivity contribution in [3.05, 3.63) is 89.5 Å². The summed E-state index contributed by atoms with van der Waals surface area (Å²) in [7, 11) is 1.30. The van der Waals surface area contributed by atoms with Crippen LogP contribution in [-0.2, 0) is 9.53 Å². The van der Waals surface area contributed by atoms with E-state index < -0.39 is 11.9 Å². The van der Waals surface area contributed by atoms with Crippen LogP contribution in [0.15, 0.2) is 72.8 Å². The molecule has 0 unspecified atom stereocenters. The number of esters is 1. The van der Waals surface area contributed by atoms with Crippen LogP contribution in [0.3, 0.4) is 0 Å². The van der Waals surface area contributed by atoms with E-state index in [0.717, 1.165) is 5.56 Å². The minimum Gasteiger partial charge on any atom is -0.484 e. The van der Waals surface area contributed by atoms with Gasteiger partial charge >= 0.3 is 5.97 Å². The number of hydrogen-bond acceptors (Lipinski definition) is 5. The Morgan fingerprint density at radius 1 is 0.871 bits per heavy atom. The van der Waals surface area contributed by atoms with Crippen LogP contribution in [0.1, 0.15) is 26.3 Å². The number of anilines is 2. The molecule has 0 aliphatic carbocycles. The Bertz CT molecular complexity index is 1090. The van der Waals surface area contributed by atoms with E-state index in [1.165, 1.54) is 7.11 Å². The molecular formula is C24H22N2O5. The fourth-order valence-corrected chi connectivity index (χ4v) is 2.85. The van der Waals surface area contributed by atoms with E-state index in [2.05, 4.69) is 15.4 Å². The van der Waals surface area contributed by atoms with Gasteiger partial charge in [-0.25, -0.2) is 4.79 Å². The average Bonchev–Trinajstić information content (AvgIpc) is 2.78. The van der Waals surface area contributed by atoms with Crippen LogP contribution >= 0.6 is 0 Å². The third-order valence-electron chi connectivity index (χ3n) is 4.37. The van der Waals surface area contributed by atoms with E-state index in [1.807, 2.05) is 25.1 Å². The highest BCUT2D eigenvalue weighted by atomic mass is 16.5. The number of aryl methyl sites for hydroxylation is 1. The van der Waals surface area contributed by atoms with Gasteiger partial charge in [-0.1, -0.05) is 24.3 Å². The average molecular weight is 418 g/mol. The monoisotopic (exact) mass is 418 g/mol. The molecule has 0 aliphatic heterocycles. The molecule has 0 fully saturated rings. The van der Waals surface area contributed by atoms with E-state index in [1.54, 1.807) is 54.6 Å². The highest BCUT2D eigenvalue weighted by Gasteiger charge is 2.14. The summed E-state index contributed by atoms with van der Waals surface area (Å²) in [4.78, 5) is 36.5. The third kappa shape index (κ3) is 5.93. The molecule has 3 rings (SSSR count). The van der Waals surface area contributed by atoms with Crippen LogP contribution in [0.2, 0.25) is 0 Å². The highest BCUT2D eigenvalue weighted by Crippen LogP contribution is 2.18. The van der Waals surface area contributed by atoms with Crippen molar-refractivity contribution in [2.24, 2.45) is 0 Å². The van der Waals surface area contributed by atoms with Crippen molar-refractivity contribution >= 4 is 29.2 Å². The topological polar surface area (TPSA) is 93.7 Å². The van der Waals surface area contributed by atoms with Crippen molar-refractivity contribution in [2.75, 3.05) is 24.4 Å². The van der Waals surface area contributed by atoms with Gasteiger partial charge < -0.3 is 20.1 Å². The van der Waals surface area contributed by atoms with Crippen molar-refractivity contribution in [2.45, 2.75) is 6.92 Å². The molecule has 0 atom stereocenters. The van der Waals surface area contributed by atoms with Crippen LogP contribution in [0.25, 0.3) is 0 Å². The Balaban J connectivity index is 1.61. The maximum Gasteiger partial charge on any atom is 0.337 e. The van der Waals surface area contributed by atoms with Gasteiger partial charge in [0.15, 0.2) is 6.61 Å². The van der Waals surface area contributed by atoms with Crippen molar-refractivity contribution in [1.29, 1.82) is 0 Å². The number of hydrogen-bond donors (Lipinski definition) is 2. The predicted molar refractivity (Wildman–Crippen MR) is 117 cm³/mol. The molecular weight excluding hydrogens is 396 g/mol. The number of amides is 2. The van der Waals surface area contributed by atoms with Gasteiger partial charge in [-0.2, -0.15) is 0 Å². The molecule has 3 aromatic carbocycles. The molecule has 31 heavy (non-hydrogen) atoms. The molecule has 158 valence electrons. The summed E-state index contributed by atoms with van der Waals surface area (Å²) in [6.07, 6.45) is 0. The molecule has 3 aromatic rings. The summed E-state index contributed by atoms with van der Waals surface area (Å²) >= 11 is 0. The maximum atomic E-state index is 12.7. The Morgan fingerprint density at radius 3 is 2.32 bits per heavy atom. The van der Waals surface area contributed by atoms with Crippen LogP contribution < -0.4 is 15.4 Å². The van der Waals surface area contributed by atoms with Crippen molar-refractivity contribution in [3.8, 4) is 5.75 Å². The lowest BCUT2D eigenvalue weighted by molar-refractivity contribution is -0.118. The molecule has 0 aromatic heterocycles. The fraction of sp³-hybridized carbons (Fsp3) is 0.125. The molecule has 7 nitrogen and oxygen atoms in total. The SMILES string of the molecule is COC(=O)c1ccc(OCC(=O)Nc2ccccc2C(=O)Nc2cccc(C)c2)cc1. The van der Waals surface area contributed by atoms with Gasteiger partial charge in [-0.05, 0) is 61.0 Å². The predicted octanol–water partition coefficient (Wildman–Crippen LogP) is 4.05. The Kier molecular flexibility index (Phi) is 7.01. The summed E-state index contributed by atoms with van der Waals surface area (Å²) in [6, 6.07) is 20.4. The maximum absolute atomic E-state index is 12.7. The van der Waals surface area contributed by atoms with Crippen molar-refractivity contribution in [3.63, 3.8) is 0 Å². The highest BCUT2D eigenvalue weighted by molar-refractivity contribution is 6.10. The van der Waals surface area contributed by atoms with Gasteiger partial charge in [0.25, 0.3) is 11.8 Å². The molecule has 7 heteroatoms. The number of para-hydroxylation sites is 1. The number of carbonyl (C=O) groups excluding carboxylic acids is 3. The minimum atomic E-state index is -0.454. The zero-order chi connectivity index (χ0) is 22.2. The summed E-state index contributed by atoms with van der Waals surface area (Å²) in [5.41, 5.74) is 2.79. The lowest BCUT2D eigenvalue weighted by Gasteiger charge is -2.12. The summed E-state index contributed by atoms with van der Waals surface area (Å²) < 4.78 is 10.1. The zero-order valence-corrected chi connectivity index (χ0v) is 17.2. The van der Waals surface area contributed by atoms with Gasteiger partial charge in [-0.15, -0.1) is 0 Å². The number of methoxy groups -OCH3 is 1. The van der Waals surface area contributed by atoms with Gasteiger partial charge in [0.1, 0.15) is 5.75 Å². The van der Waals surface area contributed by atoms with Crippen LogP contribution in [-0.4, -0.2) is 31.5 Å². The lowest BCUT2D eigenvalue weighted by Crippen LogP contribution is -2.22. The van der Waals surface area contributed by atoms with Crippen molar-refractivity contribution < 1.29 is 23.9 Å². The molecule has 0 heterocycles. The third-order valence-corrected chi connectivity index (χ3v) is 4.37. The fourth-order valence-electron chi connectivity index (χ4n) is 2.85. The second kappa shape index (κ2) is 10.1. The molecule has 2 N–H and O–H groups in total. The Labute approximate surface area is 180 Å². The first-order valence-electron chi connectivity index (χ1n) is 9.54. The van der Waals surface area contributed by atoms with Gasteiger partial charge in [0.05, 0.1) is 23.9 Å². The smallest absolute Gasteiger partial charge is 0.337 e. The standard InChI is InChI=1S/C24H22N2O5/c1-16-6-5-7-18(14-16)25-23(28)20-8-3-4-9-21(20)26-22(27)15-31-19-12-10-17(11-13-19)24(29)30-2/h3-14H,15H2,1-2H3,(H,25,28)(H,26,27). The van der Waals surface area contributed by atoms with Crippen LogP contribution in [0.5, 0.6) is 5.75 Å². The van der Waals surface area contributed by atoms with Gasteiger partial charge in [-0.3, -0.25) is 9.59 Å². The summed E-state index contributed by atoms with van der Waals surface area (Å²) in [5, 5.41) is 5.53. The van der Waals surface area contributed by atoms with Crippen LogP contribution in [0, 0.1) is 6.92 Å². The first-order valence-corrected chi connectivity index (χ1v) is 9.54. The molecule has 0 radical (unpaired) electrons. The molecule has 0 aliphatic rings. The molecule has 2 amide bonds. The largest absolute Gasteiger partial charge is 0.484 e. The zero-order valence-electron chi connectivity index (χ0n) is 17.2. The molecule has 0 bridgehead atoms. The minimum absolute atomic E-state index is 0.259. The first kappa shape index (κ1) is 21.6. The van der Waals surface area contributed by atoms with Gasteiger partial charge in [0, 0.05) is 5.69 Å². The summed E-state index contributed by atoms with van der Waals surface area (Å²) in [5.74, 6) is -0.785. The Morgan fingerprint density at radius 2 is 1.61 bits per heavy atom. The second-order valence-electron chi connectivity index (χ2n) is 6.72. The second-order valence-corrected chi connectivity index (χ2v) is 6.72. The van der Waals surface area contributed by atoms with Gasteiger partial charge in [0.2, 0.25) is 0 Å². The van der Waals surface area contributed by atoms with E-state index in [0.29, 0.717) is 28.3 Å². The number of benzene rings is 3. The van der Waals surface area contributed by atoms with Crippen molar-refractivity contribution in [1.82, 2.24) is 0 Å². The summed E-state index contributed by atoms with van der Waals surface area (Å²) in [6.45, 7) is 1.68. The van der Waals surface area contributed by atoms with E-state index in [9.17, 15) is 14.4 Å². The first-order chi connectivity index (χ1) is 15.0. The number of ether oxygens (including phenoxy) is 2. The number of rotatable bonds is 7. The van der Waals surface area contributed by atoms with Crippen LogP contribution in [0.4, 0.5) is 11.4 Å². The number of nitrogens with one attached hydrogen (secondary N) is 2. The Hall–Kier alpha value is -4.13. The molecule has 0 saturated carbocycles. The quantitative estimate of drug-likeness (QED) is 0.565. The van der Waals surface area contributed by atoms with E-state index >= 15 is 0 Å². The lowest BCUT2D eigenvalue weighted by atomic mass is 10.1. The van der Waals surface area contributed by atoms with E-state index in [4.69, 9.17) is 4.74 Å². The number of carbonyl (C=O) groups is 3. The normalized spacial score (nSPS) is 10.1. The van der Waals surface area contributed by atoms with E-state index in [-0.39, 0.29) is 12.5 Å².